The van der Waals surface area contributed by atoms with E-state index in [0.717, 1.165) is 0 Å². The zero-order valence-corrected chi connectivity index (χ0v) is 8.94. The summed E-state index contributed by atoms with van der Waals surface area (Å²) in [4.78, 5) is 10.8. The van der Waals surface area contributed by atoms with Crippen LogP contribution >= 0.6 is 0 Å². The standard InChI is InChI=1S/C12H15NO2/c1-10(11-6-4-3-5-7-11)13-9-8-12(14)15-2/h3-10,13H,1-2H3/b9-8+/t10-/m0/s1. The molecule has 15 heavy (non-hydrogen) atoms. The van der Waals surface area contributed by atoms with Crippen LogP contribution in [0.5, 0.6) is 0 Å². The number of ether oxygens (including phenoxy) is 1. The number of esters is 1. The third kappa shape index (κ3) is 3.85. The van der Waals surface area contributed by atoms with Gasteiger partial charge >= 0.3 is 5.97 Å². The second-order valence-corrected chi connectivity index (χ2v) is 3.16. The topological polar surface area (TPSA) is 38.3 Å². The first kappa shape index (κ1) is 11.3. The summed E-state index contributed by atoms with van der Waals surface area (Å²) in [5, 5.41) is 3.08. The van der Waals surface area contributed by atoms with Gasteiger partial charge in [-0.3, -0.25) is 0 Å². The number of nitrogens with one attached hydrogen (secondary N) is 1. The van der Waals surface area contributed by atoms with Crippen LogP contribution in [0.25, 0.3) is 0 Å². The Labute approximate surface area is 89.8 Å². The number of hydrogen-bond acceptors (Lipinski definition) is 3. The number of methoxy groups -OCH3 is 1. The summed E-state index contributed by atoms with van der Waals surface area (Å²) < 4.78 is 4.47. The molecule has 0 heterocycles. The van der Waals surface area contributed by atoms with Gasteiger partial charge in [0.25, 0.3) is 0 Å². The molecule has 0 aliphatic heterocycles. The molecule has 0 bridgehead atoms. The monoisotopic (exact) mass is 205 g/mol. The zero-order valence-electron chi connectivity index (χ0n) is 8.94. The van der Waals surface area contributed by atoms with Crippen LogP contribution in [0, 0.1) is 0 Å². The first-order chi connectivity index (χ1) is 7.24. The molecular formula is C12H15NO2. The van der Waals surface area contributed by atoms with Crippen LogP contribution in [0.2, 0.25) is 0 Å². The van der Waals surface area contributed by atoms with Crippen LogP contribution in [0.15, 0.2) is 42.6 Å². The van der Waals surface area contributed by atoms with Gasteiger partial charge in [-0.2, -0.15) is 0 Å². The van der Waals surface area contributed by atoms with Crippen molar-refractivity contribution in [3.8, 4) is 0 Å². The number of rotatable bonds is 4. The number of carbonyl (C=O) groups excluding carboxylic acids is 1. The maximum atomic E-state index is 10.8. The van der Waals surface area contributed by atoms with Crippen LogP contribution in [0.3, 0.4) is 0 Å². The van der Waals surface area contributed by atoms with Gasteiger partial charge in [0.15, 0.2) is 0 Å². The van der Waals surface area contributed by atoms with Crippen molar-refractivity contribution >= 4 is 5.97 Å². The Morgan fingerprint density at radius 1 is 1.40 bits per heavy atom. The minimum absolute atomic E-state index is 0.173. The lowest BCUT2D eigenvalue weighted by Gasteiger charge is -2.11. The zero-order chi connectivity index (χ0) is 11.1. The molecule has 0 amide bonds. The molecule has 0 fully saturated rings. The summed E-state index contributed by atoms with van der Waals surface area (Å²) in [5.74, 6) is -0.359. The van der Waals surface area contributed by atoms with Crippen molar-refractivity contribution in [2.45, 2.75) is 13.0 Å². The predicted molar refractivity (Wildman–Crippen MR) is 59.1 cm³/mol. The minimum Gasteiger partial charge on any atom is -0.466 e. The molecule has 1 aromatic rings. The predicted octanol–water partition coefficient (Wildman–Crippen LogP) is 2.02. The van der Waals surface area contributed by atoms with E-state index in [9.17, 15) is 4.79 Å². The quantitative estimate of drug-likeness (QED) is 0.603. The van der Waals surface area contributed by atoms with E-state index in [1.165, 1.54) is 18.7 Å². The van der Waals surface area contributed by atoms with E-state index < -0.39 is 0 Å². The van der Waals surface area contributed by atoms with E-state index in [0.29, 0.717) is 0 Å². The molecule has 0 saturated carbocycles. The molecule has 0 radical (unpaired) electrons. The van der Waals surface area contributed by atoms with Crippen molar-refractivity contribution in [3.05, 3.63) is 48.2 Å². The van der Waals surface area contributed by atoms with Gasteiger partial charge < -0.3 is 10.1 Å². The van der Waals surface area contributed by atoms with Crippen molar-refractivity contribution < 1.29 is 9.53 Å². The summed E-state index contributed by atoms with van der Waals surface area (Å²) in [6, 6.07) is 10.2. The Morgan fingerprint density at radius 3 is 2.67 bits per heavy atom. The molecule has 0 unspecified atom stereocenters. The fourth-order valence-electron chi connectivity index (χ4n) is 1.17. The van der Waals surface area contributed by atoms with Crippen LogP contribution < -0.4 is 5.32 Å². The van der Waals surface area contributed by atoms with Gasteiger partial charge in [-0.1, -0.05) is 30.3 Å². The fourth-order valence-corrected chi connectivity index (χ4v) is 1.17. The van der Waals surface area contributed by atoms with Gasteiger partial charge in [-0.05, 0) is 12.5 Å². The first-order valence-corrected chi connectivity index (χ1v) is 4.79. The van der Waals surface area contributed by atoms with Gasteiger partial charge in [0.2, 0.25) is 0 Å². The summed E-state index contributed by atoms with van der Waals surface area (Å²) >= 11 is 0. The SMILES string of the molecule is COC(=O)/C=C/N[C@@H](C)c1ccccc1. The minimum atomic E-state index is -0.359. The van der Waals surface area contributed by atoms with Gasteiger partial charge in [0.05, 0.1) is 7.11 Å². The van der Waals surface area contributed by atoms with Crippen LogP contribution in [-0.4, -0.2) is 13.1 Å². The van der Waals surface area contributed by atoms with E-state index in [4.69, 9.17) is 0 Å². The highest BCUT2D eigenvalue weighted by Gasteiger charge is 2.00. The molecule has 0 aliphatic rings. The maximum Gasteiger partial charge on any atom is 0.331 e. The summed E-state index contributed by atoms with van der Waals surface area (Å²) in [6.07, 6.45) is 2.96. The average Bonchev–Trinajstić information content (AvgIpc) is 2.29. The normalized spacial score (nSPS) is 12.4. The molecule has 1 atom stereocenters. The Morgan fingerprint density at radius 2 is 2.07 bits per heavy atom. The highest BCUT2D eigenvalue weighted by Crippen LogP contribution is 2.10. The van der Waals surface area contributed by atoms with Gasteiger partial charge in [0, 0.05) is 18.3 Å². The highest BCUT2D eigenvalue weighted by molar-refractivity contribution is 5.81. The average molecular weight is 205 g/mol. The van der Waals surface area contributed by atoms with Gasteiger partial charge in [-0.15, -0.1) is 0 Å². The highest BCUT2D eigenvalue weighted by atomic mass is 16.5. The third-order valence-electron chi connectivity index (χ3n) is 2.07. The molecule has 80 valence electrons. The molecule has 0 aromatic heterocycles. The Balaban J connectivity index is 2.47. The summed E-state index contributed by atoms with van der Waals surface area (Å²) in [6.45, 7) is 2.02. The molecule has 1 aromatic carbocycles. The molecule has 0 aliphatic carbocycles. The second-order valence-electron chi connectivity index (χ2n) is 3.16. The smallest absolute Gasteiger partial charge is 0.331 e. The number of hydrogen-bond donors (Lipinski definition) is 1. The van der Waals surface area contributed by atoms with Crippen molar-refractivity contribution in [1.82, 2.24) is 5.32 Å². The van der Waals surface area contributed by atoms with Crippen LogP contribution in [0.1, 0.15) is 18.5 Å². The molecule has 1 rings (SSSR count). The summed E-state index contributed by atoms with van der Waals surface area (Å²) in [5.41, 5.74) is 1.17. The van der Waals surface area contributed by atoms with E-state index in [-0.39, 0.29) is 12.0 Å². The Hall–Kier alpha value is -1.77. The summed E-state index contributed by atoms with van der Waals surface area (Å²) in [7, 11) is 1.35. The lowest BCUT2D eigenvalue weighted by atomic mass is 10.1. The van der Waals surface area contributed by atoms with Crippen molar-refractivity contribution in [3.63, 3.8) is 0 Å². The molecule has 1 N–H and O–H groups in total. The van der Waals surface area contributed by atoms with Crippen molar-refractivity contribution in [1.29, 1.82) is 0 Å². The lowest BCUT2D eigenvalue weighted by molar-refractivity contribution is -0.134. The van der Waals surface area contributed by atoms with Crippen LogP contribution in [0.4, 0.5) is 0 Å². The Kier molecular flexibility index (Phi) is 4.41. The van der Waals surface area contributed by atoms with Crippen molar-refractivity contribution in [2.75, 3.05) is 7.11 Å². The number of benzene rings is 1. The molecule has 3 nitrogen and oxygen atoms in total. The van der Waals surface area contributed by atoms with E-state index in [1.807, 2.05) is 37.3 Å². The van der Waals surface area contributed by atoms with Crippen LogP contribution in [-0.2, 0) is 9.53 Å². The molecule has 0 spiro atoms. The van der Waals surface area contributed by atoms with E-state index >= 15 is 0 Å². The molecule has 3 heteroatoms. The van der Waals surface area contributed by atoms with Gasteiger partial charge in [-0.25, -0.2) is 4.79 Å². The first-order valence-electron chi connectivity index (χ1n) is 4.79. The maximum absolute atomic E-state index is 10.8. The largest absolute Gasteiger partial charge is 0.466 e. The van der Waals surface area contributed by atoms with Crippen molar-refractivity contribution in [2.24, 2.45) is 0 Å². The number of carbonyl (C=O) groups is 1. The fraction of sp³-hybridized carbons (Fsp3) is 0.250. The third-order valence-corrected chi connectivity index (χ3v) is 2.07. The van der Waals surface area contributed by atoms with E-state index in [2.05, 4.69) is 10.1 Å². The second kappa shape index (κ2) is 5.86. The molecule has 0 saturated heterocycles. The van der Waals surface area contributed by atoms with E-state index in [1.54, 1.807) is 6.20 Å². The molecular weight excluding hydrogens is 190 g/mol. The lowest BCUT2D eigenvalue weighted by Crippen LogP contribution is -2.12. The Bertz CT molecular complexity index is 333. The van der Waals surface area contributed by atoms with Gasteiger partial charge in [0.1, 0.15) is 0 Å².